The van der Waals surface area contributed by atoms with Crippen LogP contribution < -0.4 is 15.7 Å². The number of fused-ring (bicyclic) bond motifs is 1. The van der Waals surface area contributed by atoms with Crippen molar-refractivity contribution in [3.63, 3.8) is 0 Å². The molecular formula is C22H31N5O3. The SMILES string of the molecule is COc1ccccc1C(CNC(=O)Cn1nc2n(c1=O)CCCCC2)N1CCCC1. The number of likely N-dealkylation sites (tertiary alicyclic amines) is 1. The van der Waals surface area contributed by atoms with E-state index in [2.05, 4.69) is 21.4 Å². The van der Waals surface area contributed by atoms with Crippen molar-refractivity contribution in [2.75, 3.05) is 26.7 Å². The van der Waals surface area contributed by atoms with Crippen LogP contribution in [0.25, 0.3) is 0 Å². The van der Waals surface area contributed by atoms with Gasteiger partial charge in [0, 0.05) is 25.1 Å². The summed E-state index contributed by atoms with van der Waals surface area (Å²) >= 11 is 0. The molecule has 1 aromatic heterocycles. The average Bonchev–Trinajstić information content (AvgIpc) is 3.31. The highest BCUT2D eigenvalue weighted by molar-refractivity contribution is 5.75. The molecule has 3 heterocycles. The topological polar surface area (TPSA) is 81.4 Å². The minimum atomic E-state index is -0.190. The van der Waals surface area contributed by atoms with Crippen molar-refractivity contribution in [3.05, 3.63) is 46.1 Å². The first-order chi connectivity index (χ1) is 14.7. The van der Waals surface area contributed by atoms with E-state index < -0.39 is 0 Å². The zero-order valence-electron chi connectivity index (χ0n) is 17.7. The number of benzene rings is 1. The van der Waals surface area contributed by atoms with E-state index in [9.17, 15) is 9.59 Å². The van der Waals surface area contributed by atoms with Crippen LogP contribution >= 0.6 is 0 Å². The molecule has 2 aliphatic rings. The van der Waals surface area contributed by atoms with Gasteiger partial charge in [-0.2, -0.15) is 5.10 Å². The summed E-state index contributed by atoms with van der Waals surface area (Å²) in [5, 5.41) is 7.45. The first-order valence-electron chi connectivity index (χ1n) is 11.0. The van der Waals surface area contributed by atoms with Gasteiger partial charge in [-0.25, -0.2) is 9.48 Å². The number of nitrogens with one attached hydrogen (secondary N) is 1. The maximum absolute atomic E-state index is 12.7. The first kappa shape index (κ1) is 20.7. The molecule has 2 aromatic rings. The molecule has 0 radical (unpaired) electrons. The smallest absolute Gasteiger partial charge is 0.346 e. The first-order valence-corrected chi connectivity index (χ1v) is 11.0. The van der Waals surface area contributed by atoms with Crippen LogP contribution in [0.1, 0.15) is 49.5 Å². The van der Waals surface area contributed by atoms with Crippen molar-refractivity contribution in [1.29, 1.82) is 0 Å². The second kappa shape index (κ2) is 9.47. The Balaban J connectivity index is 1.45. The fourth-order valence-corrected chi connectivity index (χ4v) is 4.56. The van der Waals surface area contributed by atoms with E-state index in [4.69, 9.17) is 4.74 Å². The Morgan fingerprint density at radius 1 is 1.13 bits per heavy atom. The highest BCUT2D eigenvalue weighted by atomic mass is 16.5. The van der Waals surface area contributed by atoms with E-state index in [-0.39, 0.29) is 24.2 Å². The van der Waals surface area contributed by atoms with Crippen molar-refractivity contribution in [3.8, 4) is 5.75 Å². The van der Waals surface area contributed by atoms with Gasteiger partial charge in [0.2, 0.25) is 5.91 Å². The number of aromatic nitrogens is 3. The lowest BCUT2D eigenvalue weighted by molar-refractivity contribution is -0.122. The van der Waals surface area contributed by atoms with Gasteiger partial charge in [0.05, 0.1) is 13.2 Å². The molecule has 1 aromatic carbocycles. The molecule has 162 valence electrons. The molecule has 4 rings (SSSR count). The molecular weight excluding hydrogens is 382 g/mol. The molecule has 0 saturated carbocycles. The Bertz CT molecular complexity index is 929. The molecule has 1 atom stereocenters. The summed E-state index contributed by atoms with van der Waals surface area (Å²) in [5.74, 6) is 1.44. The number of hydrogen-bond donors (Lipinski definition) is 1. The molecule has 8 nitrogen and oxygen atoms in total. The number of hydrogen-bond acceptors (Lipinski definition) is 5. The number of ether oxygens (including phenoxy) is 1. The number of carbonyl (C=O) groups excluding carboxylic acids is 1. The van der Waals surface area contributed by atoms with E-state index in [0.717, 1.165) is 68.8 Å². The van der Waals surface area contributed by atoms with Crippen LogP contribution in [0.4, 0.5) is 0 Å². The number of methoxy groups -OCH3 is 1. The fraction of sp³-hybridized carbons (Fsp3) is 0.591. The van der Waals surface area contributed by atoms with Crippen molar-refractivity contribution < 1.29 is 9.53 Å². The van der Waals surface area contributed by atoms with Crippen LogP contribution in [-0.2, 0) is 24.3 Å². The number of para-hydroxylation sites is 1. The van der Waals surface area contributed by atoms with E-state index in [1.807, 2.05) is 18.2 Å². The number of carbonyl (C=O) groups is 1. The van der Waals surface area contributed by atoms with E-state index in [1.54, 1.807) is 11.7 Å². The summed E-state index contributed by atoms with van der Waals surface area (Å²) in [6.07, 6.45) is 6.27. The number of rotatable bonds is 7. The summed E-state index contributed by atoms with van der Waals surface area (Å²) in [6, 6.07) is 8.02. The van der Waals surface area contributed by atoms with Gasteiger partial charge in [-0.05, 0) is 44.8 Å². The quantitative estimate of drug-likeness (QED) is 0.748. The van der Waals surface area contributed by atoms with E-state index >= 15 is 0 Å². The summed E-state index contributed by atoms with van der Waals surface area (Å²) in [7, 11) is 1.67. The molecule has 0 bridgehead atoms. The van der Waals surface area contributed by atoms with Gasteiger partial charge >= 0.3 is 5.69 Å². The van der Waals surface area contributed by atoms with Crippen LogP contribution in [0.3, 0.4) is 0 Å². The number of nitrogens with zero attached hydrogens (tertiary/aromatic N) is 4. The lowest BCUT2D eigenvalue weighted by Gasteiger charge is -2.29. The van der Waals surface area contributed by atoms with Crippen molar-refractivity contribution in [2.45, 2.75) is 57.7 Å². The minimum absolute atomic E-state index is 0.0442. The van der Waals surface area contributed by atoms with Crippen LogP contribution in [0.15, 0.2) is 29.1 Å². The molecule has 1 unspecified atom stereocenters. The largest absolute Gasteiger partial charge is 0.496 e. The van der Waals surface area contributed by atoms with Gasteiger partial charge in [-0.15, -0.1) is 0 Å². The zero-order valence-corrected chi connectivity index (χ0v) is 17.7. The van der Waals surface area contributed by atoms with Gasteiger partial charge in [-0.3, -0.25) is 14.3 Å². The third-order valence-electron chi connectivity index (χ3n) is 6.15. The lowest BCUT2D eigenvalue weighted by atomic mass is 10.0. The van der Waals surface area contributed by atoms with Crippen molar-refractivity contribution in [1.82, 2.24) is 24.6 Å². The van der Waals surface area contributed by atoms with Crippen LogP contribution in [0, 0.1) is 0 Å². The van der Waals surface area contributed by atoms with Gasteiger partial charge in [0.25, 0.3) is 0 Å². The number of aryl methyl sites for hydroxylation is 1. The molecule has 1 saturated heterocycles. The Morgan fingerprint density at radius 2 is 1.90 bits per heavy atom. The lowest BCUT2D eigenvalue weighted by Crippen LogP contribution is -2.39. The molecule has 0 aliphatic carbocycles. The molecule has 2 aliphatic heterocycles. The molecule has 1 amide bonds. The zero-order chi connectivity index (χ0) is 20.9. The van der Waals surface area contributed by atoms with Gasteiger partial charge in [-0.1, -0.05) is 24.6 Å². The third kappa shape index (κ3) is 4.43. The van der Waals surface area contributed by atoms with E-state index in [0.29, 0.717) is 13.1 Å². The summed E-state index contributed by atoms with van der Waals surface area (Å²) in [6.45, 7) is 3.14. The predicted octanol–water partition coefficient (Wildman–Crippen LogP) is 1.73. The average molecular weight is 414 g/mol. The van der Waals surface area contributed by atoms with Crippen molar-refractivity contribution >= 4 is 5.91 Å². The molecule has 1 fully saturated rings. The van der Waals surface area contributed by atoms with Crippen LogP contribution in [0.5, 0.6) is 5.75 Å². The van der Waals surface area contributed by atoms with Gasteiger partial charge < -0.3 is 10.1 Å². The Labute approximate surface area is 176 Å². The standard InChI is InChI=1S/C22H31N5O3/c1-30-19-10-5-4-9-17(19)18(25-12-7-8-13-25)15-23-21(28)16-27-22(29)26-14-6-2-3-11-20(26)24-27/h4-5,9-10,18H,2-3,6-8,11-16H2,1H3,(H,23,28). The maximum Gasteiger partial charge on any atom is 0.346 e. The van der Waals surface area contributed by atoms with Crippen LogP contribution in [-0.4, -0.2) is 51.9 Å². The third-order valence-corrected chi connectivity index (χ3v) is 6.15. The van der Waals surface area contributed by atoms with Gasteiger partial charge in [0.15, 0.2) is 0 Å². The summed E-state index contributed by atoms with van der Waals surface area (Å²) in [4.78, 5) is 27.7. The minimum Gasteiger partial charge on any atom is -0.496 e. The fourth-order valence-electron chi connectivity index (χ4n) is 4.56. The molecule has 0 spiro atoms. The Hall–Kier alpha value is -2.61. The molecule has 1 N–H and O–H groups in total. The maximum atomic E-state index is 12.7. The molecule has 30 heavy (non-hydrogen) atoms. The monoisotopic (exact) mass is 413 g/mol. The van der Waals surface area contributed by atoms with Crippen molar-refractivity contribution in [2.24, 2.45) is 0 Å². The van der Waals surface area contributed by atoms with E-state index in [1.165, 1.54) is 4.68 Å². The second-order valence-electron chi connectivity index (χ2n) is 8.12. The van der Waals surface area contributed by atoms with Crippen LogP contribution in [0.2, 0.25) is 0 Å². The summed E-state index contributed by atoms with van der Waals surface area (Å²) < 4.78 is 8.60. The number of amides is 1. The molecule has 8 heteroatoms. The Kier molecular flexibility index (Phi) is 6.52. The highest BCUT2D eigenvalue weighted by Gasteiger charge is 2.26. The highest BCUT2D eigenvalue weighted by Crippen LogP contribution is 2.31. The normalized spacial score (nSPS) is 17.9. The summed E-state index contributed by atoms with van der Waals surface area (Å²) in [5.41, 5.74) is 0.899. The second-order valence-corrected chi connectivity index (χ2v) is 8.12. The predicted molar refractivity (Wildman–Crippen MR) is 114 cm³/mol. The van der Waals surface area contributed by atoms with Gasteiger partial charge in [0.1, 0.15) is 18.1 Å². The Morgan fingerprint density at radius 3 is 2.70 bits per heavy atom.